The molecule has 2 aromatic heterocycles. The van der Waals surface area contributed by atoms with Gasteiger partial charge < -0.3 is 14.3 Å². The van der Waals surface area contributed by atoms with Crippen molar-refractivity contribution >= 4 is 22.8 Å². The molecule has 29 heavy (non-hydrogen) atoms. The van der Waals surface area contributed by atoms with Crippen molar-refractivity contribution in [2.24, 2.45) is 5.41 Å². The van der Waals surface area contributed by atoms with Crippen LogP contribution >= 0.6 is 0 Å². The summed E-state index contributed by atoms with van der Waals surface area (Å²) in [4.78, 5) is 26.9. The summed E-state index contributed by atoms with van der Waals surface area (Å²) in [5.74, 6) is 1.95. The highest BCUT2D eigenvalue weighted by Crippen LogP contribution is 2.42. The smallest absolute Gasteiger partial charge is 0.229 e. The average Bonchev–Trinajstić information content (AvgIpc) is 3.16. The van der Waals surface area contributed by atoms with Crippen molar-refractivity contribution in [3.63, 3.8) is 0 Å². The summed E-state index contributed by atoms with van der Waals surface area (Å²) in [5, 5.41) is 4.06. The van der Waals surface area contributed by atoms with Crippen LogP contribution in [-0.2, 0) is 11.3 Å². The first-order chi connectivity index (χ1) is 14.1. The number of aryl methyl sites for hydroxylation is 1. The number of nitrogens with zero attached hydrogens (tertiary/aromatic N) is 5. The molecule has 0 atom stereocenters. The van der Waals surface area contributed by atoms with E-state index in [1.54, 1.807) is 0 Å². The Morgan fingerprint density at radius 2 is 1.90 bits per heavy atom. The molecule has 1 amide bonds. The lowest BCUT2D eigenvalue weighted by molar-refractivity contribution is -0.148. The van der Waals surface area contributed by atoms with Gasteiger partial charge in [0.05, 0.1) is 29.2 Å². The predicted molar refractivity (Wildman–Crippen MR) is 109 cm³/mol. The third-order valence-electron chi connectivity index (χ3n) is 6.33. The molecular formula is C22H25N5O2. The minimum Gasteiger partial charge on any atom is -0.361 e. The number of carbonyl (C=O) groups excluding carboxylic acids is 1. The molecule has 2 saturated heterocycles. The second-order valence-corrected chi connectivity index (χ2v) is 8.24. The van der Waals surface area contributed by atoms with Gasteiger partial charge in [-0.3, -0.25) is 9.78 Å². The fourth-order valence-corrected chi connectivity index (χ4v) is 4.72. The van der Waals surface area contributed by atoms with Crippen molar-refractivity contribution in [1.29, 1.82) is 0 Å². The lowest BCUT2D eigenvalue weighted by Crippen LogP contribution is -2.53. The highest BCUT2D eigenvalue weighted by molar-refractivity contribution is 5.84. The summed E-state index contributed by atoms with van der Waals surface area (Å²) in [6.07, 6.45) is 5.57. The molecule has 0 radical (unpaired) electrons. The van der Waals surface area contributed by atoms with Gasteiger partial charge in [-0.2, -0.15) is 0 Å². The summed E-state index contributed by atoms with van der Waals surface area (Å²) >= 11 is 0. The van der Waals surface area contributed by atoms with Crippen LogP contribution in [0.4, 0.5) is 5.82 Å². The first-order valence-electron chi connectivity index (χ1n) is 10.3. The fraction of sp³-hybridized carbons (Fsp3) is 0.455. The van der Waals surface area contributed by atoms with Gasteiger partial charge in [-0.25, -0.2) is 4.98 Å². The first kappa shape index (κ1) is 18.1. The maximum absolute atomic E-state index is 13.4. The second-order valence-electron chi connectivity index (χ2n) is 8.24. The number of aromatic nitrogens is 3. The van der Waals surface area contributed by atoms with Crippen LogP contribution in [0.3, 0.4) is 0 Å². The number of rotatable bonds is 3. The molecule has 2 fully saturated rings. The van der Waals surface area contributed by atoms with Gasteiger partial charge in [0, 0.05) is 25.7 Å². The molecule has 4 heterocycles. The number of carbonyl (C=O) groups is 1. The maximum Gasteiger partial charge on any atom is 0.229 e. The van der Waals surface area contributed by atoms with Crippen LogP contribution in [0.5, 0.6) is 0 Å². The van der Waals surface area contributed by atoms with E-state index >= 15 is 0 Å². The Labute approximate surface area is 169 Å². The average molecular weight is 391 g/mol. The zero-order chi connectivity index (χ0) is 19.8. The van der Waals surface area contributed by atoms with E-state index in [-0.39, 0.29) is 11.3 Å². The summed E-state index contributed by atoms with van der Waals surface area (Å²) in [6.45, 7) is 4.87. The monoisotopic (exact) mass is 391 g/mol. The molecule has 1 spiro atoms. The molecule has 3 aromatic rings. The van der Waals surface area contributed by atoms with Gasteiger partial charge in [0.15, 0.2) is 0 Å². The molecule has 0 bridgehead atoms. The Bertz CT molecular complexity index is 1040. The number of benzene rings is 1. The molecule has 0 saturated carbocycles. The van der Waals surface area contributed by atoms with Crippen LogP contribution in [-0.4, -0.2) is 45.6 Å². The topological polar surface area (TPSA) is 75.4 Å². The van der Waals surface area contributed by atoms with Crippen molar-refractivity contribution in [3.05, 3.63) is 48.0 Å². The van der Waals surface area contributed by atoms with Crippen LogP contribution in [0.2, 0.25) is 0 Å². The Balaban J connectivity index is 1.29. The molecule has 150 valence electrons. The number of piperidine rings is 2. The van der Waals surface area contributed by atoms with Gasteiger partial charge in [0.25, 0.3) is 0 Å². The Kier molecular flexibility index (Phi) is 4.45. The molecule has 0 unspecified atom stereocenters. The van der Waals surface area contributed by atoms with Gasteiger partial charge >= 0.3 is 0 Å². The van der Waals surface area contributed by atoms with Crippen molar-refractivity contribution in [2.45, 2.75) is 39.2 Å². The zero-order valence-electron chi connectivity index (χ0n) is 16.7. The van der Waals surface area contributed by atoms with E-state index < -0.39 is 0 Å². The molecule has 7 heteroatoms. The minimum absolute atomic E-state index is 0.252. The van der Waals surface area contributed by atoms with Crippen LogP contribution in [0.25, 0.3) is 11.0 Å². The van der Waals surface area contributed by atoms with Crippen molar-refractivity contribution in [1.82, 2.24) is 20.0 Å². The third kappa shape index (κ3) is 3.34. The normalized spacial score (nSPS) is 19.3. The number of hydrogen-bond acceptors (Lipinski definition) is 6. The van der Waals surface area contributed by atoms with Crippen molar-refractivity contribution < 1.29 is 9.32 Å². The van der Waals surface area contributed by atoms with E-state index in [1.165, 1.54) is 0 Å². The maximum atomic E-state index is 13.4. The molecule has 5 rings (SSSR count). The van der Waals surface area contributed by atoms with E-state index in [0.717, 1.165) is 73.6 Å². The molecule has 2 aliphatic heterocycles. The number of para-hydroxylation sites is 2. The number of likely N-dealkylation sites (tertiary alicyclic amines) is 1. The summed E-state index contributed by atoms with van der Waals surface area (Å²) in [7, 11) is 0. The molecule has 1 aromatic carbocycles. The molecule has 0 N–H and O–H groups in total. The quantitative estimate of drug-likeness (QED) is 0.682. The largest absolute Gasteiger partial charge is 0.361 e. The number of anilines is 1. The van der Waals surface area contributed by atoms with Crippen LogP contribution in [0, 0.1) is 12.3 Å². The van der Waals surface area contributed by atoms with E-state index in [4.69, 9.17) is 9.51 Å². The van der Waals surface area contributed by atoms with Gasteiger partial charge in [-0.15, -0.1) is 0 Å². The number of fused-ring (bicyclic) bond motifs is 1. The zero-order valence-corrected chi connectivity index (χ0v) is 16.7. The van der Waals surface area contributed by atoms with Gasteiger partial charge in [-0.1, -0.05) is 17.3 Å². The van der Waals surface area contributed by atoms with E-state index in [9.17, 15) is 4.79 Å². The highest BCUT2D eigenvalue weighted by atomic mass is 16.5. The SMILES string of the molecule is Cc1cc(CN2CCCC3(CCN(c4cnc5ccccc5n4)CC3)C2=O)no1. The van der Waals surface area contributed by atoms with Gasteiger partial charge in [-0.05, 0) is 44.7 Å². The second kappa shape index (κ2) is 7.13. The van der Waals surface area contributed by atoms with Gasteiger partial charge in [0.2, 0.25) is 5.91 Å². The third-order valence-corrected chi connectivity index (χ3v) is 6.33. The van der Waals surface area contributed by atoms with Crippen LogP contribution in [0.1, 0.15) is 37.1 Å². The lowest BCUT2D eigenvalue weighted by atomic mass is 9.71. The highest BCUT2D eigenvalue weighted by Gasteiger charge is 2.45. The molecular weight excluding hydrogens is 366 g/mol. The van der Waals surface area contributed by atoms with Crippen LogP contribution < -0.4 is 4.90 Å². The summed E-state index contributed by atoms with van der Waals surface area (Å²) in [5.41, 5.74) is 2.40. The standard InChI is InChI=1S/C22H25N5O2/c1-16-13-17(25-29-16)15-27-10-4-7-22(21(27)28)8-11-26(12-9-22)20-14-23-18-5-2-3-6-19(18)24-20/h2-3,5-6,13-14H,4,7-12,15H2,1H3. The summed E-state index contributed by atoms with van der Waals surface area (Å²) < 4.78 is 5.16. The molecule has 2 aliphatic rings. The predicted octanol–water partition coefficient (Wildman–Crippen LogP) is 3.34. The number of hydrogen-bond donors (Lipinski definition) is 0. The van der Waals surface area contributed by atoms with E-state index in [0.29, 0.717) is 6.54 Å². The van der Waals surface area contributed by atoms with Crippen molar-refractivity contribution in [2.75, 3.05) is 24.5 Å². The van der Waals surface area contributed by atoms with E-state index in [2.05, 4.69) is 15.0 Å². The Morgan fingerprint density at radius 1 is 1.10 bits per heavy atom. The minimum atomic E-state index is -0.252. The number of amides is 1. The molecule has 0 aliphatic carbocycles. The van der Waals surface area contributed by atoms with Crippen LogP contribution in [0.15, 0.2) is 41.1 Å². The fourth-order valence-electron chi connectivity index (χ4n) is 4.72. The Morgan fingerprint density at radius 3 is 2.66 bits per heavy atom. The van der Waals surface area contributed by atoms with Gasteiger partial charge in [0.1, 0.15) is 17.3 Å². The molecule has 7 nitrogen and oxygen atoms in total. The van der Waals surface area contributed by atoms with E-state index in [1.807, 2.05) is 48.4 Å². The van der Waals surface area contributed by atoms with Crippen molar-refractivity contribution in [3.8, 4) is 0 Å². The summed E-state index contributed by atoms with van der Waals surface area (Å²) in [6, 6.07) is 9.84. The first-order valence-corrected chi connectivity index (χ1v) is 10.3. The lowest BCUT2D eigenvalue weighted by Gasteiger charge is -2.46. The Hall–Kier alpha value is -2.96.